The van der Waals surface area contributed by atoms with Crippen LogP contribution in [0.1, 0.15) is 16.1 Å². The van der Waals surface area contributed by atoms with E-state index in [9.17, 15) is 14.9 Å². The van der Waals surface area contributed by atoms with Crippen LogP contribution in [0.15, 0.2) is 27.3 Å². The molecule has 21 heavy (non-hydrogen) atoms. The molecule has 1 aromatic carbocycles. The van der Waals surface area contributed by atoms with Gasteiger partial charge >= 0.3 is 0 Å². The SMILES string of the molecule is Cc1c(C(=O)Nc2c(Br)cc([N+](=O)[O-])cc2Br)cnn1C. The maximum atomic E-state index is 12.2. The van der Waals surface area contributed by atoms with Crippen molar-refractivity contribution in [3.05, 3.63) is 48.6 Å². The van der Waals surface area contributed by atoms with E-state index in [1.807, 2.05) is 0 Å². The maximum Gasteiger partial charge on any atom is 0.271 e. The Balaban J connectivity index is 2.34. The molecule has 0 unspecified atom stereocenters. The highest BCUT2D eigenvalue weighted by atomic mass is 79.9. The summed E-state index contributed by atoms with van der Waals surface area (Å²) in [5.74, 6) is -0.337. The number of nitrogens with one attached hydrogen (secondary N) is 1. The molecule has 7 nitrogen and oxygen atoms in total. The lowest BCUT2D eigenvalue weighted by Crippen LogP contribution is -2.14. The third-order valence-electron chi connectivity index (χ3n) is 2.96. The lowest BCUT2D eigenvalue weighted by Gasteiger charge is -2.09. The summed E-state index contributed by atoms with van der Waals surface area (Å²) < 4.78 is 2.42. The molecule has 0 aliphatic heterocycles. The number of hydrogen-bond donors (Lipinski definition) is 1. The van der Waals surface area contributed by atoms with Crippen molar-refractivity contribution in [3.8, 4) is 0 Å². The highest BCUT2D eigenvalue weighted by molar-refractivity contribution is 9.11. The first-order valence-electron chi connectivity index (χ1n) is 5.74. The normalized spacial score (nSPS) is 10.5. The first-order chi connectivity index (χ1) is 9.81. The van der Waals surface area contributed by atoms with Crippen molar-refractivity contribution in [2.75, 3.05) is 5.32 Å². The second kappa shape index (κ2) is 5.94. The fraction of sp³-hybridized carbons (Fsp3) is 0.167. The van der Waals surface area contributed by atoms with Gasteiger partial charge < -0.3 is 5.32 Å². The Kier molecular flexibility index (Phi) is 4.43. The molecule has 1 N–H and O–H groups in total. The number of nitrogens with zero attached hydrogens (tertiary/aromatic N) is 3. The van der Waals surface area contributed by atoms with Crippen molar-refractivity contribution in [3.63, 3.8) is 0 Å². The molecule has 1 amide bonds. The average molecular weight is 418 g/mol. The summed E-state index contributed by atoms with van der Waals surface area (Å²) in [6.45, 7) is 1.78. The van der Waals surface area contributed by atoms with E-state index in [0.717, 1.165) is 5.69 Å². The number of carbonyl (C=O) groups excluding carboxylic acids is 1. The third-order valence-corrected chi connectivity index (χ3v) is 4.21. The number of rotatable bonds is 3. The van der Waals surface area contributed by atoms with Crippen LogP contribution in [0.5, 0.6) is 0 Å². The number of nitro groups is 1. The van der Waals surface area contributed by atoms with Crippen molar-refractivity contribution in [2.45, 2.75) is 6.92 Å². The number of benzene rings is 1. The summed E-state index contributed by atoms with van der Waals surface area (Å²) >= 11 is 6.44. The molecule has 0 bridgehead atoms. The molecule has 0 aliphatic rings. The molecule has 110 valence electrons. The zero-order valence-electron chi connectivity index (χ0n) is 11.1. The van der Waals surface area contributed by atoms with Crippen LogP contribution in [-0.4, -0.2) is 20.6 Å². The van der Waals surface area contributed by atoms with Gasteiger partial charge in [-0.1, -0.05) is 0 Å². The van der Waals surface area contributed by atoms with Gasteiger partial charge in [-0.05, 0) is 38.8 Å². The molecule has 0 fully saturated rings. The minimum Gasteiger partial charge on any atom is -0.320 e. The number of halogens is 2. The summed E-state index contributed by atoms with van der Waals surface area (Å²) in [4.78, 5) is 22.5. The fourth-order valence-corrected chi connectivity index (χ4v) is 3.05. The number of hydrogen-bond acceptors (Lipinski definition) is 4. The van der Waals surface area contributed by atoms with Gasteiger partial charge in [-0.2, -0.15) is 5.10 Å². The molecule has 0 saturated heterocycles. The second-order valence-corrected chi connectivity index (χ2v) is 5.97. The minimum absolute atomic E-state index is 0.0793. The Morgan fingerprint density at radius 3 is 2.38 bits per heavy atom. The van der Waals surface area contributed by atoms with E-state index >= 15 is 0 Å². The predicted octanol–water partition coefficient (Wildman–Crippen LogP) is 3.41. The first kappa shape index (κ1) is 15.6. The van der Waals surface area contributed by atoms with E-state index in [0.29, 0.717) is 20.2 Å². The standard InChI is InChI=1S/C12H10Br2N4O3/c1-6-8(5-15-17(6)2)12(19)16-11-9(13)3-7(18(20)21)4-10(11)14/h3-5H,1-2H3,(H,16,19). The van der Waals surface area contributed by atoms with Crippen LogP contribution in [0.2, 0.25) is 0 Å². The maximum absolute atomic E-state index is 12.2. The van der Waals surface area contributed by atoms with Gasteiger partial charge in [0.05, 0.1) is 22.4 Å². The summed E-state index contributed by atoms with van der Waals surface area (Å²) in [5.41, 5.74) is 1.51. The zero-order valence-corrected chi connectivity index (χ0v) is 14.2. The summed E-state index contributed by atoms with van der Waals surface area (Å²) in [6, 6.07) is 2.66. The lowest BCUT2D eigenvalue weighted by atomic mass is 10.2. The molecule has 0 atom stereocenters. The molecule has 9 heteroatoms. The van der Waals surface area contributed by atoms with Crippen molar-refractivity contribution in [2.24, 2.45) is 7.05 Å². The molecular weight excluding hydrogens is 408 g/mol. The van der Waals surface area contributed by atoms with Crippen LogP contribution in [0.25, 0.3) is 0 Å². The molecule has 2 rings (SSSR count). The first-order valence-corrected chi connectivity index (χ1v) is 7.33. The molecule has 0 aliphatic carbocycles. The second-order valence-electron chi connectivity index (χ2n) is 4.26. The Hall–Kier alpha value is -1.74. The Bertz CT molecular complexity index is 719. The van der Waals surface area contributed by atoms with Crippen molar-refractivity contribution in [1.29, 1.82) is 0 Å². The zero-order chi connectivity index (χ0) is 15.7. The monoisotopic (exact) mass is 416 g/mol. The Morgan fingerprint density at radius 1 is 1.38 bits per heavy atom. The van der Waals surface area contributed by atoms with E-state index in [2.05, 4.69) is 42.3 Å². The fourth-order valence-electron chi connectivity index (χ4n) is 1.69. The van der Waals surface area contributed by atoms with Gasteiger partial charge in [0.2, 0.25) is 0 Å². The Labute approximate surface area is 136 Å². The van der Waals surface area contributed by atoms with E-state index < -0.39 is 4.92 Å². The number of aryl methyl sites for hydroxylation is 1. The molecule has 0 radical (unpaired) electrons. The van der Waals surface area contributed by atoms with Gasteiger partial charge in [-0.3, -0.25) is 19.6 Å². The minimum atomic E-state index is -0.508. The molecule has 0 saturated carbocycles. The number of nitro benzene ring substituents is 1. The molecule has 1 heterocycles. The van der Waals surface area contributed by atoms with Crippen LogP contribution in [0.4, 0.5) is 11.4 Å². The lowest BCUT2D eigenvalue weighted by molar-refractivity contribution is -0.385. The Morgan fingerprint density at radius 2 is 1.95 bits per heavy atom. The largest absolute Gasteiger partial charge is 0.320 e. The van der Waals surface area contributed by atoms with Crippen LogP contribution >= 0.6 is 31.9 Å². The summed E-state index contributed by atoms with van der Waals surface area (Å²) in [7, 11) is 1.74. The van der Waals surface area contributed by atoms with E-state index in [-0.39, 0.29) is 11.6 Å². The van der Waals surface area contributed by atoms with Gasteiger partial charge in [-0.15, -0.1) is 0 Å². The average Bonchev–Trinajstić information content (AvgIpc) is 2.74. The van der Waals surface area contributed by atoms with Gasteiger partial charge in [0, 0.05) is 33.8 Å². The molecule has 1 aromatic heterocycles. The van der Waals surface area contributed by atoms with E-state index in [4.69, 9.17) is 0 Å². The van der Waals surface area contributed by atoms with Crippen molar-refractivity contribution >= 4 is 49.1 Å². The topological polar surface area (TPSA) is 90.1 Å². The van der Waals surface area contributed by atoms with Gasteiger partial charge in [0.1, 0.15) is 0 Å². The van der Waals surface area contributed by atoms with Gasteiger partial charge in [0.15, 0.2) is 0 Å². The predicted molar refractivity (Wildman–Crippen MR) is 84.4 cm³/mol. The number of amides is 1. The van der Waals surface area contributed by atoms with E-state index in [1.165, 1.54) is 18.3 Å². The number of carbonyl (C=O) groups is 1. The van der Waals surface area contributed by atoms with Crippen LogP contribution in [-0.2, 0) is 7.05 Å². The van der Waals surface area contributed by atoms with Gasteiger partial charge in [0.25, 0.3) is 11.6 Å². The highest BCUT2D eigenvalue weighted by Crippen LogP contribution is 2.35. The van der Waals surface area contributed by atoms with Crippen molar-refractivity contribution in [1.82, 2.24) is 9.78 Å². The van der Waals surface area contributed by atoms with Crippen LogP contribution in [0.3, 0.4) is 0 Å². The van der Waals surface area contributed by atoms with Crippen molar-refractivity contribution < 1.29 is 9.72 Å². The molecule has 0 spiro atoms. The highest BCUT2D eigenvalue weighted by Gasteiger charge is 2.18. The summed E-state index contributed by atoms with van der Waals surface area (Å²) in [5, 5.41) is 17.5. The quantitative estimate of drug-likeness (QED) is 0.611. The molecule has 2 aromatic rings. The number of anilines is 1. The summed E-state index contributed by atoms with van der Waals surface area (Å²) in [6.07, 6.45) is 1.47. The van der Waals surface area contributed by atoms with Crippen LogP contribution in [0, 0.1) is 17.0 Å². The number of non-ortho nitro benzene ring substituents is 1. The smallest absolute Gasteiger partial charge is 0.271 e. The van der Waals surface area contributed by atoms with E-state index in [1.54, 1.807) is 18.7 Å². The van der Waals surface area contributed by atoms with Gasteiger partial charge in [-0.25, -0.2) is 0 Å². The third kappa shape index (κ3) is 3.13. The number of aromatic nitrogens is 2. The molecular formula is C12H10Br2N4O3. The van der Waals surface area contributed by atoms with Crippen LogP contribution < -0.4 is 5.32 Å².